The highest BCUT2D eigenvalue weighted by Crippen LogP contribution is 2.18. The standard InChI is InChI=1S/C8H8N2OS/c1-5(11)6-2-3-7-8(4-6)10-12-9-7/h2-5,11H,1H3. The number of fused-ring (bicyclic) bond motifs is 1. The van der Waals surface area contributed by atoms with Gasteiger partial charge in [0.1, 0.15) is 11.0 Å². The summed E-state index contributed by atoms with van der Waals surface area (Å²) in [5.74, 6) is 0. The average molecular weight is 180 g/mol. The van der Waals surface area contributed by atoms with Crippen LogP contribution in [0.2, 0.25) is 0 Å². The van der Waals surface area contributed by atoms with Crippen molar-refractivity contribution in [1.82, 2.24) is 8.75 Å². The molecule has 0 fully saturated rings. The van der Waals surface area contributed by atoms with E-state index >= 15 is 0 Å². The van der Waals surface area contributed by atoms with Gasteiger partial charge >= 0.3 is 0 Å². The molecule has 1 atom stereocenters. The van der Waals surface area contributed by atoms with Crippen LogP contribution in [-0.2, 0) is 0 Å². The van der Waals surface area contributed by atoms with Crippen LogP contribution in [0.4, 0.5) is 0 Å². The van der Waals surface area contributed by atoms with Gasteiger partial charge in [-0.05, 0) is 24.6 Å². The Labute approximate surface area is 74.0 Å². The van der Waals surface area contributed by atoms with Crippen LogP contribution in [0.15, 0.2) is 18.2 Å². The van der Waals surface area contributed by atoms with E-state index in [4.69, 9.17) is 0 Å². The molecule has 3 nitrogen and oxygen atoms in total. The van der Waals surface area contributed by atoms with Gasteiger partial charge in [-0.1, -0.05) is 6.07 Å². The molecule has 0 amide bonds. The van der Waals surface area contributed by atoms with Gasteiger partial charge in [0.2, 0.25) is 0 Å². The lowest BCUT2D eigenvalue weighted by Gasteiger charge is -2.02. The molecule has 0 aliphatic rings. The maximum Gasteiger partial charge on any atom is 0.105 e. The van der Waals surface area contributed by atoms with Crippen LogP contribution < -0.4 is 0 Å². The van der Waals surface area contributed by atoms with Crippen molar-refractivity contribution < 1.29 is 5.11 Å². The topological polar surface area (TPSA) is 46.0 Å². The predicted octanol–water partition coefficient (Wildman–Crippen LogP) is 1.74. The summed E-state index contributed by atoms with van der Waals surface area (Å²) in [7, 11) is 0. The Balaban J connectivity index is 2.60. The molecule has 0 saturated carbocycles. The van der Waals surface area contributed by atoms with Crippen LogP contribution in [0.25, 0.3) is 11.0 Å². The molecule has 1 aromatic heterocycles. The molecule has 1 aromatic carbocycles. The Morgan fingerprint density at radius 1 is 1.33 bits per heavy atom. The lowest BCUT2D eigenvalue weighted by molar-refractivity contribution is 0.199. The van der Waals surface area contributed by atoms with Gasteiger partial charge in [0.15, 0.2) is 0 Å². The highest BCUT2D eigenvalue weighted by molar-refractivity contribution is 7.00. The van der Waals surface area contributed by atoms with Crippen molar-refractivity contribution in [1.29, 1.82) is 0 Å². The minimum absolute atomic E-state index is 0.434. The Morgan fingerprint density at radius 3 is 2.83 bits per heavy atom. The Kier molecular flexibility index (Phi) is 1.78. The summed E-state index contributed by atoms with van der Waals surface area (Å²) in [5.41, 5.74) is 2.64. The van der Waals surface area contributed by atoms with Gasteiger partial charge in [-0.3, -0.25) is 0 Å². The SMILES string of the molecule is CC(O)c1ccc2nsnc2c1. The minimum Gasteiger partial charge on any atom is -0.389 e. The van der Waals surface area contributed by atoms with Crippen LogP contribution in [0.1, 0.15) is 18.6 Å². The molecule has 0 spiro atoms. The number of aliphatic hydroxyl groups excluding tert-OH is 1. The van der Waals surface area contributed by atoms with Crippen molar-refractivity contribution in [2.75, 3.05) is 0 Å². The Bertz CT molecular complexity index is 397. The second-order valence-corrected chi connectivity index (χ2v) is 3.22. The highest BCUT2D eigenvalue weighted by Gasteiger charge is 2.03. The van der Waals surface area contributed by atoms with E-state index in [9.17, 15) is 5.11 Å². The fraction of sp³-hybridized carbons (Fsp3) is 0.250. The molecule has 1 heterocycles. The predicted molar refractivity (Wildman–Crippen MR) is 48.0 cm³/mol. The number of aliphatic hydroxyl groups is 1. The molecule has 0 saturated heterocycles. The summed E-state index contributed by atoms with van der Waals surface area (Å²) in [6.45, 7) is 1.74. The zero-order chi connectivity index (χ0) is 8.55. The summed E-state index contributed by atoms with van der Waals surface area (Å²) < 4.78 is 8.15. The molecule has 1 unspecified atom stereocenters. The van der Waals surface area contributed by atoms with Crippen molar-refractivity contribution in [3.8, 4) is 0 Å². The Hall–Kier alpha value is -1.00. The number of aromatic nitrogens is 2. The van der Waals surface area contributed by atoms with Crippen molar-refractivity contribution in [2.24, 2.45) is 0 Å². The molecule has 0 aliphatic carbocycles. The van der Waals surface area contributed by atoms with Crippen LogP contribution in [0.5, 0.6) is 0 Å². The molecule has 2 rings (SSSR count). The number of rotatable bonds is 1. The van der Waals surface area contributed by atoms with Crippen molar-refractivity contribution >= 4 is 22.8 Å². The van der Waals surface area contributed by atoms with Crippen molar-refractivity contribution in [3.05, 3.63) is 23.8 Å². The second kappa shape index (κ2) is 2.80. The van der Waals surface area contributed by atoms with E-state index in [2.05, 4.69) is 8.75 Å². The van der Waals surface area contributed by atoms with E-state index in [0.29, 0.717) is 0 Å². The number of hydrogen-bond donors (Lipinski definition) is 1. The highest BCUT2D eigenvalue weighted by atomic mass is 32.1. The fourth-order valence-corrected chi connectivity index (χ4v) is 1.58. The molecule has 1 N–H and O–H groups in total. The zero-order valence-corrected chi connectivity index (χ0v) is 7.38. The minimum atomic E-state index is -0.434. The first-order valence-corrected chi connectivity index (χ1v) is 4.40. The summed E-state index contributed by atoms with van der Waals surface area (Å²) in [5, 5.41) is 9.28. The maximum absolute atomic E-state index is 9.28. The zero-order valence-electron chi connectivity index (χ0n) is 6.56. The third kappa shape index (κ3) is 1.19. The summed E-state index contributed by atoms with van der Waals surface area (Å²) >= 11 is 1.19. The van der Waals surface area contributed by atoms with Gasteiger partial charge in [0, 0.05) is 0 Å². The summed E-state index contributed by atoms with van der Waals surface area (Å²) in [6.07, 6.45) is -0.434. The smallest absolute Gasteiger partial charge is 0.105 e. The van der Waals surface area contributed by atoms with E-state index in [0.717, 1.165) is 16.6 Å². The molecular weight excluding hydrogens is 172 g/mol. The third-order valence-corrected chi connectivity index (χ3v) is 2.32. The van der Waals surface area contributed by atoms with Gasteiger partial charge in [0.25, 0.3) is 0 Å². The summed E-state index contributed by atoms with van der Waals surface area (Å²) in [6, 6.07) is 5.61. The number of hydrogen-bond acceptors (Lipinski definition) is 4. The molecule has 0 aliphatic heterocycles. The number of benzene rings is 1. The van der Waals surface area contributed by atoms with E-state index < -0.39 is 6.10 Å². The fourth-order valence-electron chi connectivity index (χ4n) is 1.06. The lowest BCUT2D eigenvalue weighted by Crippen LogP contribution is -1.89. The monoisotopic (exact) mass is 180 g/mol. The quantitative estimate of drug-likeness (QED) is 0.727. The van der Waals surface area contributed by atoms with Crippen molar-refractivity contribution in [2.45, 2.75) is 13.0 Å². The maximum atomic E-state index is 9.28. The number of nitrogens with zero attached hydrogens (tertiary/aromatic N) is 2. The summed E-state index contributed by atoms with van der Waals surface area (Å²) in [4.78, 5) is 0. The molecule has 0 radical (unpaired) electrons. The average Bonchev–Trinajstić information content (AvgIpc) is 2.49. The van der Waals surface area contributed by atoms with Gasteiger partial charge in [0.05, 0.1) is 17.8 Å². The molecule has 4 heteroatoms. The van der Waals surface area contributed by atoms with E-state index in [1.165, 1.54) is 11.7 Å². The Morgan fingerprint density at radius 2 is 2.08 bits per heavy atom. The van der Waals surface area contributed by atoms with E-state index in [1.807, 2.05) is 18.2 Å². The van der Waals surface area contributed by atoms with Gasteiger partial charge in [-0.2, -0.15) is 8.75 Å². The third-order valence-electron chi connectivity index (χ3n) is 1.76. The van der Waals surface area contributed by atoms with E-state index in [1.54, 1.807) is 6.92 Å². The van der Waals surface area contributed by atoms with Crippen LogP contribution in [0.3, 0.4) is 0 Å². The van der Waals surface area contributed by atoms with E-state index in [-0.39, 0.29) is 0 Å². The van der Waals surface area contributed by atoms with Crippen LogP contribution in [0, 0.1) is 0 Å². The van der Waals surface area contributed by atoms with Gasteiger partial charge in [-0.25, -0.2) is 0 Å². The van der Waals surface area contributed by atoms with Gasteiger partial charge in [-0.15, -0.1) is 0 Å². The largest absolute Gasteiger partial charge is 0.389 e. The van der Waals surface area contributed by atoms with Crippen LogP contribution in [-0.4, -0.2) is 13.9 Å². The normalized spacial score (nSPS) is 13.5. The van der Waals surface area contributed by atoms with Crippen LogP contribution >= 0.6 is 11.7 Å². The molecular formula is C8H8N2OS. The second-order valence-electron chi connectivity index (χ2n) is 2.69. The first-order valence-electron chi connectivity index (χ1n) is 3.67. The first kappa shape index (κ1) is 7.64. The lowest BCUT2D eigenvalue weighted by atomic mass is 10.1. The molecule has 12 heavy (non-hydrogen) atoms. The van der Waals surface area contributed by atoms with Gasteiger partial charge < -0.3 is 5.11 Å². The first-order chi connectivity index (χ1) is 5.77. The molecule has 2 aromatic rings. The van der Waals surface area contributed by atoms with Crippen molar-refractivity contribution in [3.63, 3.8) is 0 Å². The molecule has 0 bridgehead atoms. The molecule has 62 valence electrons.